The largest absolute Gasteiger partial charge is 0.453 e. The van der Waals surface area contributed by atoms with E-state index in [4.69, 9.17) is 4.74 Å². The summed E-state index contributed by atoms with van der Waals surface area (Å²) in [6, 6.07) is 42.6. The van der Waals surface area contributed by atoms with Gasteiger partial charge in [-0.2, -0.15) is 0 Å². The van der Waals surface area contributed by atoms with Gasteiger partial charge in [-0.3, -0.25) is 0 Å². The van der Waals surface area contributed by atoms with Gasteiger partial charge >= 0.3 is 0 Å². The normalized spacial score (nSPS) is 12.3. The number of rotatable bonds is 2. The summed E-state index contributed by atoms with van der Waals surface area (Å²) in [4.78, 5) is 2.28. The van der Waals surface area contributed by atoms with Gasteiger partial charge in [-0.15, -0.1) is 0 Å². The van der Waals surface area contributed by atoms with Gasteiger partial charge in [-0.05, 0) is 81.2 Å². The van der Waals surface area contributed by atoms with Gasteiger partial charge in [-0.1, -0.05) is 88.7 Å². The zero-order valence-corrected chi connectivity index (χ0v) is 20.4. The van der Waals surface area contributed by atoms with E-state index in [0.717, 1.165) is 38.6 Å². The zero-order valence-electron chi connectivity index (χ0n) is 18.8. The highest BCUT2D eigenvalue weighted by molar-refractivity contribution is 9.10. The molecule has 0 saturated heterocycles. The Kier molecular flexibility index (Phi) is 4.64. The van der Waals surface area contributed by atoms with E-state index in [2.05, 4.69) is 118 Å². The summed E-state index contributed by atoms with van der Waals surface area (Å²) in [6.45, 7) is 0. The van der Waals surface area contributed by atoms with Crippen molar-refractivity contribution in [3.8, 4) is 22.6 Å². The molecule has 0 unspecified atom stereocenters. The summed E-state index contributed by atoms with van der Waals surface area (Å²) in [7, 11) is 0. The summed E-state index contributed by atoms with van der Waals surface area (Å²) in [6.07, 6.45) is 0. The van der Waals surface area contributed by atoms with E-state index < -0.39 is 0 Å². The maximum Gasteiger partial charge on any atom is 0.151 e. The third kappa shape index (κ3) is 3.31. The number of hydrogen-bond donors (Lipinski definition) is 0. The molecular formula is C32H20BrNO. The van der Waals surface area contributed by atoms with E-state index in [-0.39, 0.29) is 0 Å². The minimum absolute atomic E-state index is 0.851. The highest BCUT2D eigenvalue weighted by atomic mass is 79.9. The smallest absolute Gasteiger partial charge is 0.151 e. The Morgan fingerprint density at radius 2 is 1.14 bits per heavy atom. The van der Waals surface area contributed by atoms with Crippen LogP contribution < -0.4 is 9.64 Å². The van der Waals surface area contributed by atoms with Crippen LogP contribution in [0.3, 0.4) is 0 Å². The topological polar surface area (TPSA) is 12.5 Å². The number of para-hydroxylation sites is 4. The van der Waals surface area contributed by atoms with Crippen molar-refractivity contribution in [2.24, 2.45) is 0 Å². The maximum absolute atomic E-state index is 6.23. The van der Waals surface area contributed by atoms with Gasteiger partial charge in [-0.25, -0.2) is 0 Å². The molecule has 0 aliphatic carbocycles. The van der Waals surface area contributed by atoms with Crippen LogP contribution in [0.1, 0.15) is 0 Å². The first-order valence-corrected chi connectivity index (χ1v) is 12.4. The highest BCUT2D eigenvalue weighted by Gasteiger charge is 2.26. The number of halogens is 1. The third-order valence-electron chi connectivity index (χ3n) is 6.65. The second-order valence-electron chi connectivity index (χ2n) is 8.76. The van der Waals surface area contributed by atoms with Crippen LogP contribution in [0.5, 0.6) is 11.5 Å². The van der Waals surface area contributed by atoms with E-state index in [0.29, 0.717) is 0 Å². The Morgan fingerprint density at radius 3 is 1.89 bits per heavy atom. The van der Waals surface area contributed by atoms with Crippen molar-refractivity contribution in [2.75, 3.05) is 4.90 Å². The number of anilines is 3. The predicted molar refractivity (Wildman–Crippen MR) is 149 cm³/mol. The molecule has 0 N–H and O–H groups in total. The van der Waals surface area contributed by atoms with Crippen molar-refractivity contribution in [1.29, 1.82) is 0 Å². The molecule has 6 aromatic carbocycles. The van der Waals surface area contributed by atoms with Gasteiger partial charge in [0, 0.05) is 10.2 Å². The van der Waals surface area contributed by atoms with Crippen LogP contribution in [0, 0.1) is 0 Å². The minimum Gasteiger partial charge on any atom is -0.453 e. The molecule has 0 saturated carbocycles. The van der Waals surface area contributed by atoms with Crippen molar-refractivity contribution >= 4 is 54.5 Å². The van der Waals surface area contributed by atoms with Crippen molar-refractivity contribution in [1.82, 2.24) is 0 Å². The van der Waals surface area contributed by atoms with Crippen molar-refractivity contribution in [3.63, 3.8) is 0 Å². The van der Waals surface area contributed by atoms with Crippen LogP contribution in [0.2, 0.25) is 0 Å². The molecule has 1 heterocycles. The fraction of sp³-hybridized carbons (Fsp3) is 0. The number of nitrogens with zero attached hydrogens (tertiary/aromatic N) is 1. The Bertz CT molecular complexity index is 1710. The van der Waals surface area contributed by atoms with Crippen LogP contribution in [-0.2, 0) is 0 Å². The molecule has 3 heteroatoms. The van der Waals surface area contributed by atoms with Gasteiger partial charge in [0.2, 0.25) is 0 Å². The zero-order chi connectivity index (χ0) is 23.4. The van der Waals surface area contributed by atoms with Crippen LogP contribution in [-0.4, -0.2) is 0 Å². The molecule has 0 bridgehead atoms. The SMILES string of the molecule is Brc1cc(-c2cc3ccccc3c3ccccc23)cc(N2c3ccccc3Oc3ccccc32)c1. The minimum atomic E-state index is 0.851. The molecule has 0 amide bonds. The number of benzene rings is 6. The summed E-state index contributed by atoms with van der Waals surface area (Å²) < 4.78 is 7.26. The fourth-order valence-electron chi connectivity index (χ4n) is 5.13. The molecule has 7 rings (SSSR count). The summed E-state index contributed by atoms with van der Waals surface area (Å²) in [5.74, 6) is 1.70. The van der Waals surface area contributed by atoms with Gasteiger partial charge in [0.1, 0.15) is 0 Å². The third-order valence-corrected chi connectivity index (χ3v) is 7.11. The average Bonchev–Trinajstić information content (AvgIpc) is 2.91. The van der Waals surface area contributed by atoms with Crippen molar-refractivity contribution in [3.05, 3.63) is 126 Å². The van der Waals surface area contributed by atoms with E-state index in [1.165, 1.54) is 27.1 Å². The highest BCUT2D eigenvalue weighted by Crippen LogP contribution is 2.51. The lowest BCUT2D eigenvalue weighted by Gasteiger charge is -2.33. The Morgan fingerprint density at radius 1 is 0.543 bits per heavy atom. The van der Waals surface area contributed by atoms with Gasteiger partial charge < -0.3 is 9.64 Å². The predicted octanol–water partition coefficient (Wildman–Crippen LogP) is 10.00. The van der Waals surface area contributed by atoms with Crippen LogP contribution in [0.4, 0.5) is 17.1 Å². The monoisotopic (exact) mass is 513 g/mol. The van der Waals surface area contributed by atoms with E-state index in [1.54, 1.807) is 0 Å². The first-order valence-electron chi connectivity index (χ1n) is 11.6. The Labute approximate surface area is 212 Å². The number of hydrogen-bond acceptors (Lipinski definition) is 2. The lowest BCUT2D eigenvalue weighted by Crippen LogP contribution is -2.15. The molecular weight excluding hydrogens is 494 g/mol. The molecule has 1 aliphatic rings. The maximum atomic E-state index is 6.23. The fourth-order valence-corrected chi connectivity index (χ4v) is 5.62. The first-order chi connectivity index (χ1) is 17.3. The Balaban J connectivity index is 1.49. The molecule has 1 aliphatic heterocycles. The van der Waals surface area contributed by atoms with Gasteiger partial charge in [0.15, 0.2) is 11.5 Å². The molecule has 166 valence electrons. The number of ether oxygens (including phenoxy) is 1. The first kappa shape index (κ1) is 20.3. The standard InChI is InChI=1S/C32H20BrNO/c33-23-17-22(28-19-21-9-1-2-10-25(21)26-11-3-4-12-27(26)28)18-24(20-23)34-29-13-5-7-15-31(29)35-32-16-8-6-14-30(32)34/h1-20H. The van der Waals surface area contributed by atoms with Crippen LogP contribution in [0.25, 0.3) is 32.7 Å². The summed E-state index contributed by atoms with van der Waals surface area (Å²) >= 11 is 3.81. The molecule has 0 spiro atoms. The molecule has 0 atom stereocenters. The van der Waals surface area contributed by atoms with E-state index in [1.807, 2.05) is 24.3 Å². The second kappa shape index (κ2) is 8.00. The molecule has 0 fully saturated rings. The summed E-state index contributed by atoms with van der Waals surface area (Å²) in [5, 5.41) is 5.03. The van der Waals surface area contributed by atoms with Crippen molar-refractivity contribution in [2.45, 2.75) is 0 Å². The molecule has 0 aromatic heterocycles. The number of fused-ring (bicyclic) bond motifs is 5. The van der Waals surface area contributed by atoms with Gasteiger partial charge in [0.05, 0.1) is 11.4 Å². The molecule has 35 heavy (non-hydrogen) atoms. The lowest BCUT2D eigenvalue weighted by atomic mass is 9.93. The van der Waals surface area contributed by atoms with Crippen LogP contribution >= 0.6 is 15.9 Å². The quantitative estimate of drug-likeness (QED) is 0.213. The van der Waals surface area contributed by atoms with E-state index in [9.17, 15) is 0 Å². The second-order valence-corrected chi connectivity index (χ2v) is 9.68. The summed E-state index contributed by atoms with van der Waals surface area (Å²) in [5.41, 5.74) is 5.52. The molecule has 0 radical (unpaired) electrons. The lowest BCUT2D eigenvalue weighted by molar-refractivity contribution is 0.477. The molecule has 2 nitrogen and oxygen atoms in total. The van der Waals surface area contributed by atoms with Gasteiger partial charge in [0.25, 0.3) is 0 Å². The average molecular weight is 514 g/mol. The molecule has 6 aromatic rings. The van der Waals surface area contributed by atoms with E-state index >= 15 is 0 Å². The van der Waals surface area contributed by atoms with Crippen molar-refractivity contribution < 1.29 is 4.74 Å². The van der Waals surface area contributed by atoms with Crippen LogP contribution in [0.15, 0.2) is 126 Å². The Hall–Kier alpha value is -4.08.